The van der Waals surface area contributed by atoms with Gasteiger partial charge in [-0.1, -0.05) is 18.2 Å². The first-order valence-electron chi connectivity index (χ1n) is 9.26. The lowest BCUT2D eigenvalue weighted by atomic mass is 10.1. The zero-order chi connectivity index (χ0) is 21.6. The molecule has 2 aromatic rings. The molecule has 0 aromatic heterocycles. The monoisotopic (exact) mass is 398 g/mol. The number of benzene rings is 2. The Bertz CT molecular complexity index is 908. The van der Waals surface area contributed by atoms with Crippen molar-refractivity contribution in [2.75, 3.05) is 14.2 Å². The molecule has 1 unspecified atom stereocenters. The Kier molecular flexibility index (Phi) is 7.36. The Morgan fingerprint density at radius 3 is 2.48 bits per heavy atom. The first kappa shape index (κ1) is 21.9. The Morgan fingerprint density at radius 1 is 1.14 bits per heavy atom. The van der Waals surface area contributed by atoms with Crippen molar-refractivity contribution in [1.29, 1.82) is 0 Å². The van der Waals surface area contributed by atoms with Gasteiger partial charge in [0.1, 0.15) is 0 Å². The Morgan fingerprint density at radius 2 is 1.86 bits per heavy atom. The van der Waals surface area contributed by atoms with Crippen LogP contribution < -0.4 is 9.47 Å². The summed E-state index contributed by atoms with van der Waals surface area (Å²) in [5, 5.41) is 11.0. The number of hydrogen-bond donors (Lipinski definition) is 0. The largest absolute Gasteiger partial charge is 0.493 e. The Hall–Kier alpha value is -3.35. The first-order valence-corrected chi connectivity index (χ1v) is 9.26. The summed E-state index contributed by atoms with van der Waals surface area (Å²) in [5.41, 5.74) is 1.49. The molecule has 29 heavy (non-hydrogen) atoms. The molecule has 0 N–H and O–H groups in total. The van der Waals surface area contributed by atoms with E-state index in [2.05, 4.69) is 0 Å². The number of ether oxygens (including phenoxy) is 2. The van der Waals surface area contributed by atoms with Crippen molar-refractivity contribution in [2.45, 2.75) is 32.9 Å². The Labute approximate surface area is 170 Å². The first-order chi connectivity index (χ1) is 13.7. The van der Waals surface area contributed by atoms with Gasteiger partial charge in [0, 0.05) is 25.3 Å². The highest BCUT2D eigenvalue weighted by Crippen LogP contribution is 2.29. The lowest BCUT2D eigenvalue weighted by Gasteiger charge is -2.24. The van der Waals surface area contributed by atoms with Gasteiger partial charge >= 0.3 is 0 Å². The van der Waals surface area contributed by atoms with E-state index in [9.17, 15) is 14.9 Å². The molecule has 154 valence electrons. The molecule has 0 saturated heterocycles. The van der Waals surface area contributed by atoms with Crippen LogP contribution in [0.15, 0.2) is 48.5 Å². The van der Waals surface area contributed by atoms with Crippen molar-refractivity contribution in [1.82, 2.24) is 4.90 Å². The fourth-order valence-corrected chi connectivity index (χ4v) is 2.74. The topological polar surface area (TPSA) is 81.9 Å². The average molecular weight is 398 g/mol. The highest BCUT2D eigenvalue weighted by Gasteiger charge is 2.18. The van der Waals surface area contributed by atoms with E-state index in [1.54, 1.807) is 44.5 Å². The quantitative estimate of drug-likeness (QED) is 0.368. The van der Waals surface area contributed by atoms with Crippen LogP contribution in [0.3, 0.4) is 0 Å². The minimum absolute atomic E-state index is 0.00143. The van der Waals surface area contributed by atoms with Gasteiger partial charge in [-0.3, -0.25) is 14.9 Å². The molecule has 2 aromatic carbocycles. The van der Waals surface area contributed by atoms with E-state index in [0.29, 0.717) is 17.1 Å². The minimum Gasteiger partial charge on any atom is -0.493 e. The molecule has 0 radical (unpaired) electrons. The predicted octanol–water partition coefficient (Wildman–Crippen LogP) is 4.62. The lowest BCUT2D eigenvalue weighted by molar-refractivity contribution is -0.384. The van der Waals surface area contributed by atoms with Crippen molar-refractivity contribution in [2.24, 2.45) is 0 Å². The van der Waals surface area contributed by atoms with Crippen LogP contribution in [0.5, 0.6) is 11.5 Å². The molecule has 0 aliphatic rings. The van der Waals surface area contributed by atoms with Crippen molar-refractivity contribution < 1.29 is 19.2 Å². The number of nitro benzene ring substituents is 1. The van der Waals surface area contributed by atoms with Crippen LogP contribution in [-0.4, -0.2) is 36.0 Å². The second-order valence-corrected chi connectivity index (χ2v) is 6.89. The highest BCUT2D eigenvalue weighted by molar-refractivity contribution is 5.92. The molecule has 0 fully saturated rings. The number of amides is 1. The van der Waals surface area contributed by atoms with Crippen LogP contribution in [-0.2, 0) is 4.79 Å². The van der Waals surface area contributed by atoms with Gasteiger partial charge in [0.05, 0.1) is 24.2 Å². The minimum atomic E-state index is -0.446. The summed E-state index contributed by atoms with van der Waals surface area (Å²) in [4.78, 5) is 24.6. The molecule has 0 bridgehead atoms. The van der Waals surface area contributed by atoms with Crippen molar-refractivity contribution in [3.05, 3.63) is 69.8 Å². The summed E-state index contributed by atoms with van der Waals surface area (Å²) in [6, 6.07) is 11.4. The number of non-ortho nitro benzene ring substituents is 1. The number of rotatable bonds is 8. The van der Waals surface area contributed by atoms with Crippen molar-refractivity contribution in [3.63, 3.8) is 0 Å². The molecule has 0 heterocycles. The number of carbonyl (C=O) groups is 1. The zero-order valence-corrected chi connectivity index (χ0v) is 17.3. The van der Waals surface area contributed by atoms with Gasteiger partial charge in [0.2, 0.25) is 5.91 Å². The molecule has 2 rings (SSSR count). The second-order valence-electron chi connectivity index (χ2n) is 6.89. The van der Waals surface area contributed by atoms with Crippen LogP contribution in [0.1, 0.15) is 37.9 Å². The molecule has 1 atom stereocenters. The second kappa shape index (κ2) is 9.73. The maximum absolute atomic E-state index is 12.6. The van der Waals surface area contributed by atoms with Crippen LogP contribution in [0.4, 0.5) is 5.69 Å². The van der Waals surface area contributed by atoms with E-state index in [-0.39, 0.29) is 23.7 Å². The van der Waals surface area contributed by atoms with Crippen LogP contribution in [0.2, 0.25) is 0 Å². The number of methoxy groups -OCH3 is 1. The smallest absolute Gasteiger partial charge is 0.269 e. The molecule has 7 nitrogen and oxygen atoms in total. The fraction of sp³-hybridized carbons (Fsp3) is 0.318. The van der Waals surface area contributed by atoms with Gasteiger partial charge in [-0.25, -0.2) is 0 Å². The highest BCUT2D eigenvalue weighted by atomic mass is 16.6. The number of likely N-dealkylation sites (N-methyl/N-ethyl adjacent to an activating group) is 1. The van der Waals surface area contributed by atoms with E-state index < -0.39 is 4.92 Å². The lowest BCUT2D eigenvalue weighted by Crippen LogP contribution is -2.28. The summed E-state index contributed by atoms with van der Waals surface area (Å²) in [6.07, 6.45) is 3.18. The molecular weight excluding hydrogens is 372 g/mol. The van der Waals surface area contributed by atoms with E-state index in [4.69, 9.17) is 9.47 Å². The normalized spacial score (nSPS) is 12.1. The summed E-state index contributed by atoms with van der Waals surface area (Å²) < 4.78 is 11.0. The molecule has 0 saturated carbocycles. The maximum Gasteiger partial charge on any atom is 0.269 e. The zero-order valence-electron chi connectivity index (χ0n) is 17.3. The molecule has 1 amide bonds. The van der Waals surface area contributed by atoms with Crippen LogP contribution in [0, 0.1) is 10.1 Å². The van der Waals surface area contributed by atoms with E-state index in [0.717, 1.165) is 5.56 Å². The van der Waals surface area contributed by atoms with Gasteiger partial charge in [0.15, 0.2) is 11.5 Å². The summed E-state index contributed by atoms with van der Waals surface area (Å²) >= 11 is 0. The third-order valence-electron chi connectivity index (χ3n) is 4.46. The molecule has 7 heteroatoms. The van der Waals surface area contributed by atoms with Gasteiger partial charge in [-0.2, -0.15) is 0 Å². The molecule has 0 aliphatic carbocycles. The summed E-state index contributed by atoms with van der Waals surface area (Å²) in [7, 11) is 3.23. The van der Waals surface area contributed by atoms with Gasteiger partial charge in [-0.15, -0.1) is 0 Å². The summed E-state index contributed by atoms with van der Waals surface area (Å²) in [6.45, 7) is 5.69. The molecule has 0 spiro atoms. The van der Waals surface area contributed by atoms with Crippen molar-refractivity contribution >= 4 is 17.7 Å². The Balaban J connectivity index is 2.13. The third-order valence-corrected chi connectivity index (χ3v) is 4.46. The average Bonchev–Trinajstić information content (AvgIpc) is 2.71. The maximum atomic E-state index is 12.6. The number of carbonyl (C=O) groups excluding carboxylic acids is 1. The number of hydrogen-bond acceptors (Lipinski definition) is 5. The van der Waals surface area contributed by atoms with Gasteiger partial charge in [0.25, 0.3) is 5.69 Å². The van der Waals surface area contributed by atoms with E-state index in [1.807, 2.05) is 26.8 Å². The molecular formula is C22H26N2O5. The van der Waals surface area contributed by atoms with Crippen LogP contribution in [0.25, 0.3) is 6.08 Å². The number of nitro groups is 1. The third kappa shape index (κ3) is 5.81. The van der Waals surface area contributed by atoms with Gasteiger partial charge < -0.3 is 14.4 Å². The van der Waals surface area contributed by atoms with Crippen molar-refractivity contribution in [3.8, 4) is 11.5 Å². The molecule has 0 aliphatic heterocycles. The number of nitrogens with zero attached hydrogens (tertiary/aromatic N) is 2. The van der Waals surface area contributed by atoms with E-state index in [1.165, 1.54) is 23.1 Å². The van der Waals surface area contributed by atoms with Crippen LogP contribution >= 0.6 is 0 Å². The SMILES string of the molecule is COc1cc(/C=C/C(=O)N(C)C(C)c2cccc([N+](=O)[O-])c2)ccc1OC(C)C. The van der Waals surface area contributed by atoms with E-state index >= 15 is 0 Å². The fourth-order valence-electron chi connectivity index (χ4n) is 2.74. The standard InChI is InChI=1S/C22H26N2O5/c1-15(2)29-20-11-9-17(13-21(20)28-5)10-12-22(25)23(4)16(3)18-7-6-8-19(14-18)24(26)27/h6-16H,1-5H3/b12-10+. The van der Waals surface area contributed by atoms with Gasteiger partial charge in [-0.05, 0) is 50.1 Å². The summed E-state index contributed by atoms with van der Waals surface area (Å²) in [5.74, 6) is 1.01. The predicted molar refractivity (Wildman–Crippen MR) is 112 cm³/mol.